The molecule has 0 fully saturated rings. The topological polar surface area (TPSA) is 20.3 Å². The second-order valence-electron chi connectivity index (χ2n) is 5.53. The van der Waals surface area contributed by atoms with Crippen molar-refractivity contribution in [3.8, 4) is 0 Å². The van der Waals surface area contributed by atoms with Gasteiger partial charge in [0.2, 0.25) is 5.91 Å². The van der Waals surface area contributed by atoms with Crippen LogP contribution in [-0.4, -0.2) is 24.4 Å². The Balaban J connectivity index is 3.13. The van der Waals surface area contributed by atoms with E-state index in [1.807, 2.05) is 20.4 Å². The van der Waals surface area contributed by atoms with E-state index in [2.05, 4.69) is 6.92 Å². The molecule has 19 heavy (non-hydrogen) atoms. The van der Waals surface area contributed by atoms with E-state index in [9.17, 15) is 4.79 Å². The van der Waals surface area contributed by atoms with E-state index in [0.717, 1.165) is 13.0 Å². The smallest absolute Gasteiger partial charge is 0.226 e. The first kappa shape index (κ1) is 18.5. The van der Waals surface area contributed by atoms with Gasteiger partial charge in [0.05, 0.1) is 0 Å². The van der Waals surface area contributed by atoms with Gasteiger partial charge in [-0.25, -0.2) is 0 Å². The highest BCUT2D eigenvalue weighted by molar-refractivity contribution is 5.84. The molecule has 1 radical (unpaired) electrons. The number of rotatable bonds is 13. The van der Waals surface area contributed by atoms with Crippen LogP contribution in [0.1, 0.15) is 84.5 Å². The summed E-state index contributed by atoms with van der Waals surface area (Å²) in [6, 6.07) is 0. The standard InChI is InChI=1S/C17H34NO/c1-4-6-7-8-9-10-11-12-13-14-15-16-17(19)18(3)5-2/h16H,4-15H2,1-3H3. The van der Waals surface area contributed by atoms with Crippen LogP contribution in [0.3, 0.4) is 0 Å². The highest BCUT2D eigenvalue weighted by atomic mass is 16.2. The summed E-state index contributed by atoms with van der Waals surface area (Å²) < 4.78 is 0. The van der Waals surface area contributed by atoms with Crippen LogP contribution in [0.4, 0.5) is 0 Å². The van der Waals surface area contributed by atoms with Crippen LogP contribution in [0.15, 0.2) is 0 Å². The maximum atomic E-state index is 11.5. The van der Waals surface area contributed by atoms with Crippen molar-refractivity contribution < 1.29 is 4.79 Å². The number of unbranched alkanes of at least 4 members (excludes halogenated alkanes) is 10. The van der Waals surface area contributed by atoms with Crippen molar-refractivity contribution in [2.24, 2.45) is 0 Å². The fourth-order valence-corrected chi connectivity index (χ4v) is 2.17. The zero-order valence-electron chi connectivity index (χ0n) is 13.4. The van der Waals surface area contributed by atoms with Crippen LogP contribution >= 0.6 is 0 Å². The molecule has 0 rings (SSSR count). The van der Waals surface area contributed by atoms with Gasteiger partial charge in [0.1, 0.15) is 0 Å². The van der Waals surface area contributed by atoms with Gasteiger partial charge < -0.3 is 4.90 Å². The molecule has 0 aromatic rings. The largest absolute Gasteiger partial charge is 0.346 e. The fourth-order valence-electron chi connectivity index (χ4n) is 2.17. The van der Waals surface area contributed by atoms with Crippen molar-refractivity contribution in [3.05, 3.63) is 6.42 Å². The second kappa shape index (κ2) is 13.9. The maximum Gasteiger partial charge on any atom is 0.226 e. The zero-order chi connectivity index (χ0) is 14.3. The van der Waals surface area contributed by atoms with Gasteiger partial charge in [0, 0.05) is 20.0 Å². The predicted molar refractivity (Wildman–Crippen MR) is 84.1 cm³/mol. The molecule has 2 heteroatoms. The Morgan fingerprint density at radius 3 is 1.79 bits per heavy atom. The van der Waals surface area contributed by atoms with E-state index >= 15 is 0 Å². The van der Waals surface area contributed by atoms with Crippen molar-refractivity contribution in [1.29, 1.82) is 0 Å². The lowest BCUT2D eigenvalue weighted by molar-refractivity contribution is -0.126. The first-order valence-corrected chi connectivity index (χ1v) is 8.30. The molecule has 0 unspecified atom stereocenters. The quantitative estimate of drug-likeness (QED) is 0.431. The van der Waals surface area contributed by atoms with E-state index in [1.54, 1.807) is 4.90 Å². The highest BCUT2D eigenvalue weighted by Gasteiger charge is 2.05. The van der Waals surface area contributed by atoms with E-state index in [0.29, 0.717) is 0 Å². The molecular formula is C17H34NO. The SMILES string of the molecule is CCCCCCCCCCCC[CH]C(=O)N(C)CC. The lowest BCUT2D eigenvalue weighted by atomic mass is 10.1. The molecule has 1 amide bonds. The number of hydrogen-bond donors (Lipinski definition) is 0. The minimum Gasteiger partial charge on any atom is -0.346 e. The summed E-state index contributed by atoms with van der Waals surface area (Å²) in [5, 5.41) is 0. The number of amides is 1. The Morgan fingerprint density at radius 1 is 0.842 bits per heavy atom. The number of carbonyl (C=O) groups is 1. The van der Waals surface area contributed by atoms with Crippen molar-refractivity contribution in [3.63, 3.8) is 0 Å². The van der Waals surface area contributed by atoms with Crippen LogP contribution in [0, 0.1) is 6.42 Å². The molecule has 0 aliphatic rings. The Morgan fingerprint density at radius 2 is 1.32 bits per heavy atom. The van der Waals surface area contributed by atoms with Crippen molar-refractivity contribution >= 4 is 5.91 Å². The van der Waals surface area contributed by atoms with Crippen LogP contribution in [0.5, 0.6) is 0 Å². The second-order valence-corrected chi connectivity index (χ2v) is 5.53. The maximum absolute atomic E-state index is 11.5. The average Bonchev–Trinajstić information content (AvgIpc) is 2.43. The third-order valence-corrected chi connectivity index (χ3v) is 3.73. The lowest BCUT2D eigenvalue weighted by Crippen LogP contribution is -2.26. The molecule has 0 saturated carbocycles. The Bertz CT molecular complexity index is 203. The Labute approximate surface area is 120 Å². The van der Waals surface area contributed by atoms with Gasteiger partial charge in [-0.3, -0.25) is 4.79 Å². The van der Waals surface area contributed by atoms with Gasteiger partial charge >= 0.3 is 0 Å². The third-order valence-electron chi connectivity index (χ3n) is 3.73. The molecule has 113 valence electrons. The summed E-state index contributed by atoms with van der Waals surface area (Å²) in [5.41, 5.74) is 0. The number of hydrogen-bond acceptors (Lipinski definition) is 1. The van der Waals surface area contributed by atoms with Gasteiger partial charge in [-0.2, -0.15) is 0 Å². The van der Waals surface area contributed by atoms with Gasteiger partial charge in [-0.1, -0.05) is 71.1 Å². The summed E-state index contributed by atoms with van der Waals surface area (Å²) in [6.45, 7) is 5.07. The Hall–Kier alpha value is -0.530. The molecule has 0 saturated heterocycles. The lowest BCUT2D eigenvalue weighted by Gasteiger charge is -2.13. The molecule has 0 N–H and O–H groups in total. The van der Waals surface area contributed by atoms with Crippen molar-refractivity contribution in [1.82, 2.24) is 4.90 Å². The van der Waals surface area contributed by atoms with E-state index < -0.39 is 0 Å². The summed E-state index contributed by atoms with van der Waals surface area (Å²) in [6.07, 6.45) is 16.3. The van der Waals surface area contributed by atoms with Crippen LogP contribution < -0.4 is 0 Å². The average molecular weight is 268 g/mol. The molecule has 0 atom stereocenters. The monoisotopic (exact) mass is 268 g/mol. The van der Waals surface area contributed by atoms with Crippen LogP contribution in [0.2, 0.25) is 0 Å². The normalized spacial score (nSPS) is 10.7. The third kappa shape index (κ3) is 12.3. The van der Waals surface area contributed by atoms with Gasteiger partial charge in [-0.05, 0) is 13.3 Å². The van der Waals surface area contributed by atoms with E-state index in [4.69, 9.17) is 0 Å². The summed E-state index contributed by atoms with van der Waals surface area (Å²) in [7, 11) is 1.86. The number of carbonyl (C=O) groups excluding carboxylic acids is 1. The summed E-state index contributed by atoms with van der Waals surface area (Å²) in [5.74, 6) is 0.179. The molecule has 0 spiro atoms. The van der Waals surface area contributed by atoms with Crippen LogP contribution in [-0.2, 0) is 4.79 Å². The molecule has 0 aromatic heterocycles. The van der Waals surface area contributed by atoms with Gasteiger partial charge in [0.25, 0.3) is 0 Å². The first-order chi connectivity index (χ1) is 9.22. The molecule has 0 heterocycles. The van der Waals surface area contributed by atoms with Crippen molar-refractivity contribution in [2.75, 3.05) is 13.6 Å². The summed E-state index contributed by atoms with van der Waals surface area (Å²) in [4.78, 5) is 13.3. The molecule has 0 bridgehead atoms. The van der Waals surface area contributed by atoms with Gasteiger partial charge in [0.15, 0.2) is 0 Å². The van der Waals surface area contributed by atoms with E-state index in [-0.39, 0.29) is 5.91 Å². The first-order valence-electron chi connectivity index (χ1n) is 8.30. The number of nitrogens with zero attached hydrogens (tertiary/aromatic N) is 1. The predicted octanol–water partition coefficient (Wildman–Crippen LogP) is 4.98. The van der Waals surface area contributed by atoms with Gasteiger partial charge in [-0.15, -0.1) is 0 Å². The molecule has 0 aliphatic carbocycles. The fraction of sp³-hybridized carbons (Fsp3) is 0.882. The summed E-state index contributed by atoms with van der Waals surface area (Å²) >= 11 is 0. The van der Waals surface area contributed by atoms with Crippen LogP contribution in [0.25, 0.3) is 0 Å². The minimum atomic E-state index is 0.179. The zero-order valence-corrected chi connectivity index (χ0v) is 13.4. The molecular weight excluding hydrogens is 234 g/mol. The van der Waals surface area contributed by atoms with Crippen molar-refractivity contribution in [2.45, 2.75) is 84.5 Å². The molecule has 0 aromatic carbocycles. The highest BCUT2D eigenvalue weighted by Crippen LogP contribution is 2.11. The molecule has 0 aliphatic heterocycles. The minimum absolute atomic E-state index is 0.179. The van der Waals surface area contributed by atoms with E-state index in [1.165, 1.54) is 64.2 Å². The Kier molecular flexibility index (Phi) is 13.5. The molecule has 2 nitrogen and oxygen atoms in total.